The Morgan fingerprint density at radius 2 is 1.85 bits per heavy atom. The lowest BCUT2D eigenvalue weighted by atomic mass is 10.0. The van der Waals surface area contributed by atoms with Gasteiger partial charge in [0.15, 0.2) is 0 Å². The monoisotopic (exact) mass is 270 g/mol. The Morgan fingerprint density at radius 3 is 2.65 bits per heavy atom. The van der Waals surface area contributed by atoms with Crippen molar-refractivity contribution in [3.63, 3.8) is 0 Å². The second-order valence-corrected chi connectivity index (χ2v) is 5.24. The smallest absolute Gasteiger partial charge is 0.129 e. The van der Waals surface area contributed by atoms with Crippen molar-refractivity contribution in [2.45, 2.75) is 25.9 Å². The van der Waals surface area contributed by atoms with E-state index in [1.807, 2.05) is 6.07 Å². The Balaban J connectivity index is 1.98. The van der Waals surface area contributed by atoms with Crippen molar-refractivity contribution in [3.05, 3.63) is 65.0 Å². The maximum absolute atomic E-state index is 13.9. The fourth-order valence-electron chi connectivity index (χ4n) is 2.95. The van der Waals surface area contributed by atoms with Gasteiger partial charge in [-0.3, -0.25) is 0 Å². The van der Waals surface area contributed by atoms with E-state index in [1.165, 1.54) is 17.2 Å². The first-order chi connectivity index (χ1) is 9.79. The molecule has 2 N–H and O–H groups in total. The quantitative estimate of drug-likeness (QED) is 0.907. The molecule has 3 rings (SSSR count). The number of aryl methyl sites for hydroxylation is 1. The topological polar surface area (TPSA) is 29.3 Å². The van der Waals surface area contributed by atoms with Crippen molar-refractivity contribution in [1.29, 1.82) is 0 Å². The molecule has 20 heavy (non-hydrogen) atoms. The van der Waals surface area contributed by atoms with E-state index >= 15 is 0 Å². The van der Waals surface area contributed by atoms with Crippen molar-refractivity contribution in [2.24, 2.45) is 5.73 Å². The molecule has 0 saturated heterocycles. The summed E-state index contributed by atoms with van der Waals surface area (Å²) >= 11 is 0. The predicted octanol–water partition coefficient (Wildman–Crippen LogP) is 3.24. The highest BCUT2D eigenvalue weighted by Gasteiger charge is 2.18. The minimum Gasteiger partial charge on any atom is -0.367 e. The summed E-state index contributed by atoms with van der Waals surface area (Å²) in [6.07, 6.45) is 2.16. The summed E-state index contributed by atoms with van der Waals surface area (Å²) in [7, 11) is 0. The fourth-order valence-corrected chi connectivity index (χ4v) is 2.95. The third kappa shape index (κ3) is 2.41. The zero-order valence-electron chi connectivity index (χ0n) is 11.5. The molecular formula is C17H19FN2. The van der Waals surface area contributed by atoms with Gasteiger partial charge in [0.05, 0.1) is 0 Å². The van der Waals surface area contributed by atoms with E-state index in [0.717, 1.165) is 31.6 Å². The minimum absolute atomic E-state index is 0.206. The highest BCUT2D eigenvalue weighted by atomic mass is 19.1. The summed E-state index contributed by atoms with van der Waals surface area (Å²) in [5.74, 6) is -0.206. The summed E-state index contributed by atoms with van der Waals surface area (Å²) in [5, 5.41) is 0. The SMILES string of the molecule is NCc1c(F)cccc1N1CCCc2ccccc2C1. The van der Waals surface area contributed by atoms with Crippen LogP contribution in [0.15, 0.2) is 42.5 Å². The van der Waals surface area contributed by atoms with Gasteiger partial charge in [-0.25, -0.2) is 4.39 Å². The summed E-state index contributed by atoms with van der Waals surface area (Å²) < 4.78 is 13.9. The number of benzene rings is 2. The maximum atomic E-state index is 13.9. The first kappa shape index (κ1) is 13.1. The van der Waals surface area contributed by atoms with Crippen molar-refractivity contribution in [2.75, 3.05) is 11.4 Å². The summed E-state index contributed by atoms with van der Waals surface area (Å²) in [6, 6.07) is 13.7. The highest BCUT2D eigenvalue weighted by molar-refractivity contribution is 5.55. The molecule has 2 aromatic rings. The van der Waals surface area contributed by atoms with Gasteiger partial charge in [-0.2, -0.15) is 0 Å². The number of hydrogen-bond donors (Lipinski definition) is 1. The first-order valence-corrected chi connectivity index (χ1v) is 7.09. The molecule has 0 radical (unpaired) electrons. The number of anilines is 1. The molecule has 0 amide bonds. The Bertz CT molecular complexity index is 610. The molecule has 1 heterocycles. The lowest BCUT2D eigenvalue weighted by molar-refractivity contribution is 0.608. The number of hydrogen-bond acceptors (Lipinski definition) is 2. The molecule has 3 heteroatoms. The van der Waals surface area contributed by atoms with Crippen LogP contribution in [0, 0.1) is 5.82 Å². The van der Waals surface area contributed by atoms with E-state index in [9.17, 15) is 4.39 Å². The molecule has 0 aromatic heterocycles. The molecule has 0 spiro atoms. The number of nitrogens with zero attached hydrogens (tertiary/aromatic N) is 1. The molecule has 0 aliphatic carbocycles. The standard InChI is InChI=1S/C17H19FN2/c18-16-8-3-9-17(15(16)11-19)20-10-4-7-13-5-1-2-6-14(13)12-20/h1-3,5-6,8-9H,4,7,10-12,19H2. The maximum Gasteiger partial charge on any atom is 0.129 e. The summed E-state index contributed by atoms with van der Waals surface area (Å²) in [5.41, 5.74) is 10.0. The zero-order chi connectivity index (χ0) is 13.9. The Hall–Kier alpha value is -1.87. The van der Waals surface area contributed by atoms with Crippen LogP contribution in [-0.4, -0.2) is 6.54 Å². The van der Waals surface area contributed by atoms with E-state index in [1.54, 1.807) is 6.07 Å². The molecule has 0 bridgehead atoms. The molecular weight excluding hydrogens is 251 g/mol. The predicted molar refractivity (Wildman–Crippen MR) is 80.1 cm³/mol. The van der Waals surface area contributed by atoms with Crippen LogP contribution in [0.1, 0.15) is 23.1 Å². The van der Waals surface area contributed by atoms with Crippen molar-refractivity contribution in [1.82, 2.24) is 0 Å². The van der Waals surface area contributed by atoms with Gasteiger partial charge >= 0.3 is 0 Å². The number of nitrogens with two attached hydrogens (primary N) is 1. The van der Waals surface area contributed by atoms with Gasteiger partial charge in [0.25, 0.3) is 0 Å². The van der Waals surface area contributed by atoms with Crippen molar-refractivity contribution in [3.8, 4) is 0 Å². The molecule has 0 saturated carbocycles. The van der Waals surface area contributed by atoms with E-state index in [-0.39, 0.29) is 12.4 Å². The van der Waals surface area contributed by atoms with Crippen LogP contribution >= 0.6 is 0 Å². The lowest BCUT2D eigenvalue weighted by Gasteiger charge is -2.26. The number of fused-ring (bicyclic) bond motifs is 1. The Morgan fingerprint density at radius 1 is 1.05 bits per heavy atom. The molecule has 1 aliphatic rings. The third-order valence-electron chi connectivity index (χ3n) is 3.99. The van der Waals surface area contributed by atoms with Crippen molar-refractivity contribution >= 4 is 5.69 Å². The van der Waals surface area contributed by atoms with Gasteiger partial charge in [0, 0.05) is 30.9 Å². The second kappa shape index (κ2) is 5.63. The molecule has 2 nitrogen and oxygen atoms in total. The van der Waals surface area contributed by atoms with Crippen LogP contribution in [-0.2, 0) is 19.5 Å². The molecule has 0 fully saturated rings. The van der Waals surface area contributed by atoms with Crippen molar-refractivity contribution < 1.29 is 4.39 Å². The summed E-state index contributed by atoms with van der Waals surface area (Å²) in [4.78, 5) is 2.25. The Kier molecular flexibility index (Phi) is 3.70. The average molecular weight is 270 g/mol. The van der Waals surface area contributed by atoms with Gasteiger partial charge in [-0.15, -0.1) is 0 Å². The van der Waals surface area contributed by atoms with E-state index in [2.05, 4.69) is 29.2 Å². The van der Waals surface area contributed by atoms with E-state index < -0.39 is 0 Å². The van der Waals surface area contributed by atoms with E-state index in [4.69, 9.17) is 5.73 Å². The summed E-state index contributed by atoms with van der Waals surface area (Å²) in [6.45, 7) is 2.00. The lowest BCUT2D eigenvalue weighted by Crippen LogP contribution is -2.24. The van der Waals surface area contributed by atoms with Crippen LogP contribution in [0.25, 0.3) is 0 Å². The Labute approximate surface area is 119 Å². The van der Waals surface area contributed by atoms with Gasteiger partial charge in [-0.1, -0.05) is 30.3 Å². The van der Waals surface area contributed by atoms with Gasteiger partial charge in [-0.05, 0) is 36.1 Å². The van der Waals surface area contributed by atoms with Crippen LogP contribution in [0.5, 0.6) is 0 Å². The largest absolute Gasteiger partial charge is 0.367 e. The van der Waals surface area contributed by atoms with Gasteiger partial charge in [0.1, 0.15) is 5.82 Å². The van der Waals surface area contributed by atoms with Crippen LogP contribution in [0.3, 0.4) is 0 Å². The average Bonchev–Trinajstić information content (AvgIpc) is 2.69. The van der Waals surface area contributed by atoms with Crippen LogP contribution < -0.4 is 10.6 Å². The van der Waals surface area contributed by atoms with E-state index in [0.29, 0.717) is 5.56 Å². The third-order valence-corrected chi connectivity index (χ3v) is 3.99. The van der Waals surface area contributed by atoms with Gasteiger partial charge in [0.2, 0.25) is 0 Å². The highest BCUT2D eigenvalue weighted by Crippen LogP contribution is 2.28. The number of halogens is 1. The second-order valence-electron chi connectivity index (χ2n) is 5.24. The fraction of sp³-hybridized carbons (Fsp3) is 0.294. The number of rotatable bonds is 2. The van der Waals surface area contributed by atoms with Crippen LogP contribution in [0.4, 0.5) is 10.1 Å². The van der Waals surface area contributed by atoms with Crippen LogP contribution in [0.2, 0.25) is 0 Å². The first-order valence-electron chi connectivity index (χ1n) is 7.09. The molecule has 0 unspecified atom stereocenters. The minimum atomic E-state index is -0.206. The molecule has 104 valence electrons. The molecule has 2 aromatic carbocycles. The van der Waals surface area contributed by atoms with Gasteiger partial charge < -0.3 is 10.6 Å². The molecule has 0 atom stereocenters. The molecule has 1 aliphatic heterocycles. The normalized spacial score (nSPS) is 14.8. The zero-order valence-corrected chi connectivity index (χ0v) is 11.5.